The number of hydrogen-bond donors (Lipinski definition) is 1. The second-order valence-electron chi connectivity index (χ2n) is 4.06. The van der Waals surface area contributed by atoms with Crippen molar-refractivity contribution in [1.29, 1.82) is 0 Å². The molecule has 0 unspecified atom stereocenters. The second-order valence-corrected chi connectivity index (χ2v) is 4.94. The number of esters is 1. The number of thioether (sulfide) groups is 1. The Morgan fingerprint density at radius 1 is 1.30 bits per heavy atom. The van der Waals surface area contributed by atoms with Gasteiger partial charge in [0.1, 0.15) is 0 Å². The number of benzene rings is 1. The lowest BCUT2D eigenvalue weighted by Crippen LogP contribution is -2.37. The fourth-order valence-electron chi connectivity index (χ4n) is 1.43. The number of hydrogen-bond acceptors (Lipinski definition) is 5. The molecule has 0 heterocycles. The number of nitrogens with one attached hydrogen (secondary N) is 1. The molecule has 1 aromatic rings. The lowest BCUT2D eigenvalue weighted by atomic mass is 10.2. The van der Waals surface area contributed by atoms with Crippen molar-refractivity contribution >= 4 is 23.6 Å². The first-order valence-electron chi connectivity index (χ1n) is 6.20. The molecule has 0 radical (unpaired) electrons. The maximum atomic E-state index is 11.9. The van der Waals surface area contributed by atoms with Gasteiger partial charge in [0.2, 0.25) is 0 Å². The smallest absolute Gasteiger partial charge is 0.338 e. The molecule has 0 fully saturated rings. The van der Waals surface area contributed by atoms with Gasteiger partial charge in [-0.25, -0.2) is 4.79 Å². The van der Waals surface area contributed by atoms with Crippen LogP contribution in [0.5, 0.6) is 0 Å². The van der Waals surface area contributed by atoms with Crippen molar-refractivity contribution in [2.24, 2.45) is 0 Å². The molecule has 0 aromatic heterocycles. The highest BCUT2D eigenvalue weighted by atomic mass is 32.2. The van der Waals surface area contributed by atoms with E-state index in [4.69, 9.17) is 9.47 Å². The van der Waals surface area contributed by atoms with Crippen LogP contribution in [0, 0.1) is 0 Å². The van der Waals surface area contributed by atoms with Crippen LogP contribution in [-0.4, -0.2) is 44.5 Å². The van der Waals surface area contributed by atoms with Crippen LogP contribution in [0.1, 0.15) is 17.3 Å². The van der Waals surface area contributed by atoms with E-state index in [0.29, 0.717) is 18.7 Å². The van der Waals surface area contributed by atoms with Gasteiger partial charge in [-0.15, -0.1) is 11.8 Å². The molecule has 0 spiro atoms. The van der Waals surface area contributed by atoms with Gasteiger partial charge in [0, 0.05) is 18.6 Å². The second kappa shape index (κ2) is 8.60. The van der Waals surface area contributed by atoms with E-state index in [0.717, 1.165) is 4.90 Å². The molecule has 0 aliphatic heterocycles. The largest absolute Gasteiger partial charge is 0.449 e. The molecule has 6 heteroatoms. The summed E-state index contributed by atoms with van der Waals surface area (Å²) in [5, 5.41) is 2.61. The van der Waals surface area contributed by atoms with Gasteiger partial charge >= 0.3 is 5.97 Å². The summed E-state index contributed by atoms with van der Waals surface area (Å²) in [6.07, 6.45) is 1.12. The van der Waals surface area contributed by atoms with Crippen molar-refractivity contribution < 1.29 is 19.1 Å². The maximum Gasteiger partial charge on any atom is 0.338 e. The lowest BCUT2D eigenvalue weighted by Gasteiger charge is -2.13. The highest BCUT2D eigenvalue weighted by Gasteiger charge is 2.18. The number of carbonyl (C=O) groups is 2. The van der Waals surface area contributed by atoms with Gasteiger partial charge < -0.3 is 14.8 Å². The minimum absolute atomic E-state index is 0.337. The van der Waals surface area contributed by atoms with Crippen molar-refractivity contribution in [1.82, 2.24) is 5.32 Å². The molecule has 0 bridgehead atoms. The van der Waals surface area contributed by atoms with Crippen molar-refractivity contribution in [3.05, 3.63) is 29.8 Å². The summed E-state index contributed by atoms with van der Waals surface area (Å²) in [5.41, 5.74) is 0.430. The monoisotopic (exact) mass is 297 g/mol. The average Bonchev–Trinajstić information content (AvgIpc) is 2.47. The van der Waals surface area contributed by atoms with Gasteiger partial charge in [-0.3, -0.25) is 4.79 Å². The third-order valence-electron chi connectivity index (χ3n) is 2.58. The molecule has 0 saturated heterocycles. The van der Waals surface area contributed by atoms with Crippen LogP contribution in [0.15, 0.2) is 29.2 Å². The molecule has 1 amide bonds. The molecule has 1 atom stereocenters. The number of amides is 1. The molecule has 0 aliphatic carbocycles. The fourth-order valence-corrected chi connectivity index (χ4v) is 1.84. The fraction of sp³-hybridized carbons (Fsp3) is 0.429. The summed E-state index contributed by atoms with van der Waals surface area (Å²) in [7, 11) is 1.55. The number of methoxy groups -OCH3 is 1. The first-order valence-corrected chi connectivity index (χ1v) is 7.42. The third-order valence-corrected chi connectivity index (χ3v) is 3.33. The summed E-state index contributed by atoms with van der Waals surface area (Å²) in [6, 6.07) is 7.04. The van der Waals surface area contributed by atoms with Gasteiger partial charge in [-0.1, -0.05) is 0 Å². The SMILES string of the molecule is COCCNC(=O)[C@@H](C)OC(=O)c1ccc(SC)cc1. The van der Waals surface area contributed by atoms with Gasteiger partial charge in [0.25, 0.3) is 5.91 Å². The quantitative estimate of drug-likeness (QED) is 0.471. The minimum atomic E-state index is -0.834. The summed E-state index contributed by atoms with van der Waals surface area (Å²) >= 11 is 1.59. The Bertz CT molecular complexity index is 447. The van der Waals surface area contributed by atoms with Crippen molar-refractivity contribution in [3.8, 4) is 0 Å². The van der Waals surface area contributed by atoms with Crippen molar-refractivity contribution in [2.75, 3.05) is 26.5 Å². The zero-order valence-corrected chi connectivity index (χ0v) is 12.7. The predicted molar refractivity (Wildman–Crippen MR) is 78.0 cm³/mol. The highest BCUT2D eigenvalue weighted by Crippen LogP contribution is 2.15. The number of ether oxygens (including phenoxy) is 2. The van der Waals surface area contributed by atoms with Crippen molar-refractivity contribution in [2.45, 2.75) is 17.9 Å². The van der Waals surface area contributed by atoms with E-state index >= 15 is 0 Å². The zero-order valence-electron chi connectivity index (χ0n) is 11.8. The highest BCUT2D eigenvalue weighted by molar-refractivity contribution is 7.98. The Labute approximate surface area is 123 Å². The Morgan fingerprint density at radius 3 is 2.50 bits per heavy atom. The molecule has 1 aromatic carbocycles. The van der Waals surface area contributed by atoms with E-state index < -0.39 is 12.1 Å². The molecule has 5 nitrogen and oxygen atoms in total. The van der Waals surface area contributed by atoms with Crippen LogP contribution < -0.4 is 5.32 Å². The van der Waals surface area contributed by atoms with Crippen LogP contribution in [-0.2, 0) is 14.3 Å². The summed E-state index contributed by atoms with van der Waals surface area (Å²) in [6.45, 7) is 2.35. The van der Waals surface area contributed by atoms with E-state index in [9.17, 15) is 9.59 Å². The van der Waals surface area contributed by atoms with E-state index in [-0.39, 0.29) is 5.91 Å². The van der Waals surface area contributed by atoms with Gasteiger partial charge in [0.05, 0.1) is 12.2 Å². The first-order chi connectivity index (χ1) is 9.58. The lowest BCUT2D eigenvalue weighted by molar-refractivity contribution is -0.129. The van der Waals surface area contributed by atoms with E-state index in [1.165, 1.54) is 6.92 Å². The summed E-state index contributed by atoms with van der Waals surface area (Å²) in [5.74, 6) is -0.844. The standard InChI is InChI=1S/C14H19NO4S/c1-10(13(16)15-8-9-18-2)19-14(17)11-4-6-12(20-3)7-5-11/h4-7,10H,8-9H2,1-3H3,(H,15,16)/t10-/m1/s1. The van der Waals surface area contributed by atoms with Gasteiger partial charge in [0.15, 0.2) is 6.10 Å². The molecular weight excluding hydrogens is 278 g/mol. The topological polar surface area (TPSA) is 64.6 Å². The zero-order chi connectivity index (χ0) is 15.0. The maximum absolute atomic E-state index is 11.9. The number of carbonyl (C=O) groups excluding carboxylic acids is 2. The molecular formula is C14H19NO4S. The summed E-state index contributed by atoms with van der Waals surface area (Å²) in [4.78, 5) is 24.6. The molecule has 1 N–H and O–H groups in total. The van der Waals surface area contributed by atoms with Crippen LogP contribution in [0.3, 0.4) is 0 Å². The van der Waals surface area contributed by atoms with Crippen LogP contribution in [0.25, 0.3) is 0 Å². The van der Waals surface area contributed by atoms with Gasteiger partial charge in [-0.2, -0.15) is 0 Å². The molecule has 0 aliphatic rings. The van der Waals surface area contributed by atoms with E-state index in [1.807, 2.05) is 18.4 Å². The Balaban J connectivity index is 2.49. The third kappa shape index (κ3) is 5.22. The average molecular weight is 297 g/mol. The normalized spacial score (nSPS) is 11.8. The molecule has 1 rings (SSSR count). The molecule has 20 heavy (non-hydrogen) atoms. The minimum Gasteiger partial charge on any atom is -0.449 e. The van der Waals surface area contributed by atoms with Crippen LogP contribution in [0.4, 0.5) is 0 Å². The Hall–Kier alpha value is -1.53. The van der Waals surface area contributed by atoms with E-state index in [1.54, 1.807) is 31.0 Å². The van der Waals surface area contributed by atoms with Crippen LogP contribution >= 0.6 is 11.8 Å². The van der Waals surface area contributed by atoms with Gasteiger partial charge in [-0.05, 0) is 37.4 Å². The summed E-state index contributed by atoms with van der Waals surface area (Å²) < 4.78 is 9.92. The van der Waals surface area contributed by atoms with E-state index in [2.05, 4.69) is 5.32 Å². The van der Waals surface area contributed by atoms with Crippen LogP contribution in [0.2, 0.25) is 0 Å². The molecule has 110 valence electrons. The van der Waals surface area contributed by atoms with Crippen molar-refractivity contribution in [3.63, 3.8) is 0 Å². The number of rotatable bonds is 7. The Morgan fingerprint density at radius 2 is 1.95 bits per heavy atom. The Kier molecular flexibility index (Phi) is 7.11. The molecule has 0 saturated carbocycles. The first kappa shape index (κ1) is 16.5. The predicted octanol–water partition coefficient (Wildman–Crippen LogP) is 1.72.